The number of carbonyl (C=O) groups excluding carboxylic acids is 1. The molecule has 1 amide bonds. The van der Waals surface area contributed by atoms with Crippen LogP contribution in [0.15, 0.2) is 22.9 Å². The Balaban J connectivity index is 1.53. The van der Waals surface area contributed by atoms with E-state index >= 15 is 0 Å². The molecule has 2 aliphatic rings. The first-order valence-corrected chi connectivity index (χ1v) is 8.52. The van der Waals surface area contributed by atoms with Crippen molar-refractivity contribution in [2.75, 3.05) is 31.6 Å². The number of ether oxygens (including phenoxy) is 1. The standard InChI is InChI=1S/C17H21N5O3/c1-11-9-13(20-25-11)16(23)22-8-5-12-4-7-21(10-14(12)22)17-18-6-3-15(19-17)24-2/h3,6,9,12,14H,4-5,7-8,10H2,1-2H3. The van der Waals surface area contributed by atoms with Gasteiger partial charge in [-0.05, 0) is 25.7 Å². The van der Waals surface area contributed by atoms with Crippen molar-refractivity contribution < 1.29 is 14.1 Å². The number of anilines is 1. The van der Waals surface area contributed by atoms with Gasteiger partial charge in [0.2, 0.25) is 11.8 Å². The molecule has 0 N–H and O–H groups in total. The maximum Gasteiger partial charge on any atom is 0.276 e. The molecule has 2 aromatic heterocycles. The van der Waals surface area contributed by atoms with Gasteiger partial charge in [-0.25, -0.2) is 4.98 Å². The molecule has 0 radical (unpaired) electrons. The van der Waals surface area contributed by atoms with Gasteiger partial charge in [0.05, 0.1) is 13.2 Å². The lowest BCUT2D eigenvalue weighted by atomic mass is 9.92. The quantitative estimate of drug-likeness (QED) is 0.835. The monoisotopic (exact) mass is 343 g/mol. The van der Waals surface area contributed by atoms with E-state index in [-0.39, 0.29) is 11.9 Å². The normalized spacial score (nSPS) is 22.8. The van der Waals surface area contributed by atoms with Crippen molar-refractivity contribution in [3.63, 3.8) is 0 Å². The largest absolute Gasteiger partial charge is 0.481 e. The van der Waals surface area contributed by atoms with Gasteiger partial charge in [0.15, 0.2) is 5.69 Å². The molecule has 0 aromatic carbocycles. The Bertz CT molecular complexity index is 777. The number of fused-ring (bicyclic) bond motifs is 1. The van der Waals surface area contributed by atoms with Crippen molar-refractivity contribution in [3.05, 3.63) is 29.8 Å². The van der Waals surface area contributed by atoms with E-state index in [2.05, 4.69) is 20.0 Å². The Morgan fingerprint density at radius 2 is 2.20 bits per heavy atom. The third-order valence-electron chi connectivity index (χ3n) is 5.08. The summed E-state index contributed by atoms with van der Waals surface area (Å²) in [7, 11) is 1.59. The second-order valence-corrected chi connectivity index (χ2v) is 6.57. The number of rotatable bonds is 3. The minimum Gasteiger partial charge on any atom is -0.481 e. The van der Waals surface area contributed by atoms with Gasteiger partial charge in [-0.1, -0.05) is 5.16 Å². The second-order valence-electron chi connectivity index (χ2n) is 6.57. The van der Waals surface area contributed by atoms with Gasteiger partial charge in [-0.15, -0.1) is 0 Å². The third kappa shape index (κ3) is 2.92. The van der Waals surface area contributed by atoms with Crippen LogP contribution >= 0.6 is 0 Å². The summed E-state index contributed by atoms with van der Waals surface area (Å²) in [6.07, 6.45) is 3.75. The molecule has 4 rings (SSSR count). The highest BCUT2D eigenvalue weighted by molar-refractivity contribution is 5.92. The molecule has 8 nitrogen and oxygen atoms in total. The molecule has 0 spiro atoms. The molecule has 2 aromatic rings. The molecule has 25 heavy (non-hydrogen) atoms. The van der Waals surface area contributed by atoms with E-state index < -0.39 is 0 Å². The molecule has 8 heteroatoms. The molecule has 0 aliphatic carbocycles. The molecule has 2 fully saturated rings. The maximum atomic E-state index is 12.8. The molecule has 0 bridgehead atoms. The van der Waals surface area contributed by atoms with Crippen LogP contribution < -0.4 is 9.64 Å². The number of hydrogen-bond donors (Lipinski definition) is 0. The summed E-state index contributed by atoms with van der Waals surface area (Å²) in [4.78, 5) is 25.6. The van der Waals surface area contributed by atoms with Crippen molar-refractivity contribution >= 4 is 11.9 Å². The van der Waals surface area contributed by atoms with Crippen molar-refractivity contribution in [3.8, 4) is 5.88 Å². The molecule has 2 saturated heterocycles. The number of likely N-dealkylation sites (tertiary alicyclic amines) is 1. The van der Waals surface area contributed by atoms with E-state index in [0.29, 0.717) is 29.2 Å². The Labute approximate surface area is 145 Å². The number of carbonyl (C=O) groups is 1. The Hall–Kier alpha value is -2.64. The van der Waals surface area contributed by atoms with E-state index in [1.807, 2.05) is 4.90 Å². The van der Waals surface area contributed by atoms with E-state index in [1.165, 1.54) is 0 Å². The van der Waals surface area contributed by atoms with Crippen molar-refractivity contribution in [2.24, 2.45) is 5.92 Å². The minimum atomic E-state index is -0.0576. The van der Waals surface area contributed by atoms with Gasteiger partial charge in [0.1, 0.15) is 5.76 Å². The summed E-state index contributed by atoms with van der Waals surface area (Å²) >= 11 is 0. The summed E-state index contributed by atoms with van der Waals surface area (Å²) in [5.74, 6) is 2.30. The van der Waals surface area contributed by atoms with E-state index in [0.717, 1.165) is 32.5 Å². The summed E-state index contributed by atoms with van der Waals surface area (Å²) in [5, 5.41) is 3.88. The smallest absolute Gasteiger partial charge is 0.276 e. The van der Waals surface area contributed by atoms with Gasteiger partial charge in [0.25, 0.3) is 5.91 Å². The average Bonchev–Trinajstić information content (AvgIpc) is 3.27. The molecule has 2 aliphatic heterocycles. The highest BCUT2D eigenvalue weighted by atomic mass is 16.5. The van der Waals surface area contributed by atoms with E-state index in [4.69, 9.17) is 9.26 Å². The predicted molar refractivity (Wildman–Crippen MR) is 89.6 cm³/mol. The van der Waals surface area contributed by atoms with Gasteiger partial charge in [-0.2, -0.15) is 4.98 Å². The number of piperidine rings is 1. The molecular weight excluding hydrogens is 322 g/mol. The molecule has 132 valence electrons. The van der Waals surface area contributed by atoms with Crippen LogP contribution in [0.4, 0.5) is 5.95 Å². The van der Waals surface area contributed by atoms with Crippen molar-refractivity contribution in [1.29, 1.82) is 0 Å². The molecule has 4 heterocycles. The summed E-state index contributed by atoms with van der Waals surface area (Å²) in [6, 6.07) is 3.57. The van der Waals surface area contributed by atoms with E-state index in [9.17, 15) is 4.79 Å². The van der Waals surface area contributed by atoms with Gasteiger partial charge in [0, 0.05) is 38.0 Å². The first kappa shape index (κ1) is 15.9. The Morgan fingerprint density at radius 3 is 2.96 bits per heavy atom. The van der Waals surface area contributed by atoms with Gasteiger partial charge >= 0.3 is 0 Å². The second kappa shape index (κ2) is 6.34. The Kier molecular flexibility index (Phi) is 4.03. The van der Waals surface area contributed by atoms with Crippen LogP contribution in [0.2, 0.25) is 0 Å². The lowest BCUT2D eigenvalue weighted by Gasteiger charge is -2.38. The zero-order valence-electron chi connectivity index (χ0n) is 14.4. The van der Waals surface area contributed by atoms with Crippen LogP contribution in [0.3, 0.4) is 0 Å². The zero-order chi connectivity index (χ0) is 17.4. The molecule has 0 saturated carbocycles. The minimum absolute atomic E-state index is 0.0576. The summed E-state index contributed by atoms with van der Waals surface area (Å²) in [6.45, 7) is 4.16. The number of amides is 1. The van der Waals surface area contributed by atoms with Gasteiger partial charge in [-0.3, -0.25) is 4.79 Å². The summed E-state index contributed by atoms with van der Waals surface area (Å²) in [5.41, 5.74) is 0.382. The lowest BCUT2D eigenvalue weighted by molar-refractivity contribution is 0.0701. The lowest BCUT2D eigenvalue weighted by Crippen LogP contribution is -2.50. The van der Waals surface area contributed by atoms with Crippen LogP contribution in [0, 0.1) is 12.8 Å². The third-order valence-corrected chi connectivity index (χ3v) is 5.08. The molecule has 2 unspecified atom stereocenters. The maximum absolute atomic E-state index is 12.8. The average molecular weight is 343 g/mol. The number of aryl methyl sites for hydroxylation is 1. The topological polar surface area (TPSA) is 84.6 Å². The zero-order valence-corrected chi connectivity index (χ0v) is 14.4. The number of nitrogens with zero attached hydrogens (tertiary/aromatic N) is 5. The molecule has 2 atom stereocenters. The molecular formula is C17H21N5O3. The number of hydrogen-bond acceptors (Lipinski definition) is 7. The van der Waals surface area contributed by atoms with Crippen LogP contribution in [-0.4, -0.2) is 58.7 Å². The van der Waals surface area contributed by atoms with Gasteiger partial charge < -0.3 is 19.1 Å². The number of methoxy groups -OCH3 is 1. The van der Waals surface area contributed by atoms with Crippen molar-refractivity contribution in [2.45, 2.75) is 25.8 Å². The first-order chi connectivity index (χ1) is 12.2. The summed E-state index contributed by atoms with van der Waals surface area (Å²) < 4.78 is 10.2. The first-order valence-electron chi connectivity index (χ1n) is 8.52. The van der Waals surface area contributed by atoms with Crippen LogP contribution in [0.5, 0.6) is 5.88 Å². The fourth-order valence-corrected chi connectivity index (χ4v) is 3.79. The van der Waals surface area contributed by atoms with Crippen LogP contribution in [-0.2, 0) is 0 Å². The van der Waals surface area contributed by atoms with Crippen LogP contribution in [0.1, 0.15) is 29.1 Å². The van der Waals surface area contributed by atoms with E-state index in [1.54, 1.807) is 32.4 Å². The number of aromatic nitrogens is 3. The fourth-order valence-electron chi connectivity index (χ4n) is 3.79. The highest BCUT2D eigenvalue weighted by Crippen LogP contribution is 2.33. The Morgan fingerprint density at radius 1 is 1.36 bits per heavy atom. The predicted octanol–water partition coefficient (Wildman–Crippen LogP) is 1.52. The fraction of sp³-hybridized carbons (Fsp3) is 0.529. The van der Waals surface area contributed by atoms with Crippen LogP contribution in [0.25, 0.3) is 0 Å². The highest BCUT2D eigenvalue weighted by Gasteiger charge is 2.42. The van der Waals surface area contributed by atoms with Crippen molar-refractivity contribution in [1.82, 2.24) is 20.0 Å². The SMILES string of the molecule is COc1ccnc(N2CCC3CCN(C(=O)c4cc(C)on4)C3C2)n1.